The fourth-order valence-electron chi connectivity index (χ4n) is 1.41. The molecule has 2 aromatic rings. The Balaban J connectivity index is 2.46. The standard InChI is InChI=1S/C11H10N2O2/c1-15-11(14)7-10-8-3-2-5-12-9(8)4-6-13-10/h2-6H,7H2,1H3. The van der Waals surface area contributed by atoms with Gasteiger partial charge in [-0.3, -0.25) is 14.8 Å². The van der Waals surface area contributed by atoms with Gasteiger partial charge in [-0.2, -0.15) is 0 Å². The van der Waals surface area contributed by atoms with Gasteiger partial charge in [0.15, 0.2) is 0 Å². The number of hydrogen-bond donors (Lipinski definition) is 0. The third-order valence-corrected chi connectivity index (χ3v) is 2.15. The van der Waals surface area contributed by atoms with Crippen LogP contribution in [0.3, 0.4) is 0 Å². The van der Waals surface area contributed by atoms with Crippen molar-refractivity contribution in [3.63, 3.8) is 0 Å². The molecule has 0 aromatic carbocycles. The lowest BCUT2D eigenvalue weighted by Gasteiger charge is -2.03. The summed E-state index contributed by atoms with van der Waals surface area (Å²) in [6, 6.07) is 5.54. The molecule has 2 heterocycles. The van der Waals surface area contributed by atoms with E-state index in [0.717, 1.165) is 10.9 Å². The zero-order valence-corrected chi connectivity index (χ0v) is 8.30. The van der Waals surface area contributed by atoms with E-state index >= 15 is 0 Å². The van der Waals surface area contributed by atoms with Gasteiger partial charge < -0.3 is 4.74 Å². The Morgan fingerprint density at radius 3 is 3.00 bits per heavy atom. The van der Waals surface area contributed by atoms with Crippen molar-refractivity contribution in [2.75, 3.05) is 7.11 Å². The number of fused-ring (bicyclic) bond motifs is 1. The second kappa shape index (κ2) is 4.04. The van der Waals surface area contributed by atoms with E-state index in [-0.39, 0.29) is 12.4 Å². The minimum Gasteiger partial charge on any atom is -0.469 e. The molecule has 0 bridgehead atoms. The largest absolute Gasteiger partial charge is 0.469 e. The van der Waals surface area contributed by atoms with Gasteiger partial charge in [0.25, 0.3) is 0 Å². The lowest BCUT2D eigenvalue weighted by molar-refractivity contribution is -0.139. The highest BCUT2D eigenvalue weighted by Crippen LogP contribution is 2.14. The van der Waals surface area contributed by atoms with Crippen molar-refractivity contribution < 1.29 is 9.53 Å². The van der Waals surface area contributed by atoms with Crippen molar-refractivity contribution >= 4 is 16.9 Å². The maximum Gasteiger partial charge on any atom is 0.311 e. The Hall–Kier alpha value is -1.97. The molecule has 0 aliphatic rings. The number of nitrogens with zero attached hydrogens (tertiary/aromatic N) is 2. The number of esters is 1. The Labute approximate surface area is 86.9 Å². The molecule has 0 unspecified atom stereocenters. The van der Waals surface area contributed by atoms with Crippen LogP contribution in [0, 0.1) is 0 Å². The maximum absolute atomic E-state index is 11.1. The minimum atomic E-state index is -0.293. The molecule has 4 heteroatoms. The summed E-state index contributed by atoms with van der Waals surface area (Å²) in [4.78, 5) is 19.5. The number of ether oxygens (including phenoxy) is 1. The summed E-state index contributed by atoms with van der Waals surface area (Å²) in [6.07, 6.45) is 3.54. The molecule has 0 radical (unpaired) electrons. The van der Waals surface area contributed by atoms with Crippen LogP contribution in [0.4, 0.5) is 0 Å². The smallest absolute Gasteiger partial charge is 0.311 e. The van der Waals surface area contributed by atoms with Crippen LogP contribution in [0.5, 0.6) is 0 Å². The van der Waals surface area contributed by atoms with E-state index in [4.69, 9.17) is 0 Å². The number of hydrogen-bond acceptors (Lipinski definition) is 4. The van der Waals surface area contributed by atoms with Gasteiger partial charge in [0, 0.05) is 17.8 Å². The summed E-state index contributed by atoms with van der Waals surface area (Å²) in [5.74, 6) is -0.293. The fourth-order valence-corrected chi connectivity index (χ4v) is 1.41. The molecule has 76 valence electrons. The van der Waals surface area contributed by atoms with Gasteiger partial charge in [-0.15, -0.1) is 0 Å². The van der Waals surface area contributed by atoms with Crippen molar-refractivity contribution in [3.8, 4) is 0 Å². The van der Waals surface area contributed by atoms with E-state index in [0.29, 0.717) is 5.69 Å². The third kappa shape index (κ3) is 1.93. The van der Waals surface area contributed by atoms with Crippen LogP contribution in [-0.2, 0) is 16.0 Å². The van der Waals surface area contributed by atoms with Crippen molar-refractivity contribution in [2.45, 2.75) is 6.42 Å². The Kier molecular flexibility index (Phi) is 2.58. The molecular weight excluding hydrogens is 192 g/mol. The first-order valence-electron chi connectivity index (χ1n) is 4.56. The first-order valence-corrected chi connectivity index (χ1v) is 4.56. The molecule has 0 saturated heterocycles. The molecule has 0 aliphatic heterocycles. The molecular formula is C11H10N2O2. The van der Waals surface area contributed by atoms with Gasteiger partial charge in [-0.25, -0.2) is 0 Å². The average Bonchev–Trinajstić information content (AvgIpc) is 2.29. The van der Waals surface area contributed by atoms with Crippen LogP contribution in [0.15, 0.2) is 30.6 Å². The Morgan fingerprint density at radius 1 is 1.33 bits per heavy atom. The first kappa shape index (κ1) is 9.58. The molecule has 2 rings (SSSR count). The maximum atomic E-state index is 11.1. The normalized spacial score (nSPS) is 10.2. The van der Waals surface area contributed by atoms with Crippen molar-refractivity contribution in [3.05, 3.63) is 36.3 Å². The highest BCUT2D eigenvalue weighted by atomic mass is 16.5. The second-order valence-electron chi connectivity index (χ2n) is 3.08. The van der Waals surface area contributed by atoms with E-state index < -0.39 is 0 Å². The lowest BCUT2D eigenvalue weighted by atomic mass is 10.1. The second-order valence-corrected chi connectivity index (χ2v) is 3.08. The predicted octanol–water partition coefficient (Wildman–Crippen LogP) is 1.35. The third-order valence-electron chi connectivity index (χ3n) is 2.15. The molecule has 0 amide bonds. The van der Waals surface area contributed by atoms with Crippen molar-refractivity contribution in [1.29, 1.82) is 0 Å². The summed E-state index contributed by atoms with van der Waals surface area (Å²) in [5.41, 5.74) is 1.54. The highest BCUT2D eigenvalue weighted by molar-refractivity contribution is 5.84. The SMILES string of the molecule is COC(=O)Cc1nccc2ncccc12. The zero-order chi connectivity index (χ0) is 10.7. The van der Waals surface area contributed by atoms with Gasteiger partial charge in [0.1, 0.15) is 0 Å². The number of pyridine rings is 2. The molecule has 0 fully saturated rings. The van der Waals surface area contributed by atoms with Gasteiger partial charge in [0.05, 0.1) is 24.7 Å². The molecule has 2 aromatic heterocycles. The van der Waals surface area contributed by atoms with E-state index in [1.165, 1.54) is 7.11 Å². The summed E-state index contributed by atoms with van der Waals surface area (Å²) in [6.45, 7) is 0. The molecule has 0 aliphatic carbocycles. The zero-order valence-electron chi connectivity index (χ0n) is 8.30. The average molecular weight is 202 g/mol. The molecule has 0 saturated carbocycles. The monoisotopic (exact) mass is 202 g/mol. The molecule has 4 nitrogen and oxygen atoms in total. The summed E-state index contributed by atoms with van der Waals surface area (Å²) in [7, 11) is 1.37. The minimum absolute atomic E-state index is 0.180. The van der Waals surface area contributed by atoms with Crippen LogP contribution in [0.1, 0.15) is 5.69 Å². The highest BCUT2D eigenvalue weighted by Gasteiger charge is 2.07. The number of carbonyl (C=O) groups excluding carboxylic acids is 1. The summed E-state index contributed by atoms with van der Waals surface area (Å²) < 4.78 is 4.60. The van der Waals surface area contributed by atoms with Gasteiger partial charge in [-0.1, -0.05) is 0 Å². The van der Waals surface area contributed by atoms with E-state index in [1.54, 1.807) is 12.4 Å². The van der Waals surface area contributed by atoms with Gasteiger partial charge in [0.2, 0.25) is 0 Å². The van der Waals surface area contributed by atoms with Gasteiger partial charge >= 0.3 is 5.97 Å². The Morgan fingerprint density at radius 2 is 2.20 bits per heavy atom. The quantitative estimate of drug-likeness (QED) is 0.690. The first-order chi connectivity index (χ1) is 7.31. The Bertz CT molecular complexity index is 491. The van der Waals surface area contributed by atoms with E-state index in [2.05, 4.69) is 14.7 Å². The fraction of sp³-hybridized carbons (Fsp3) is 0.182. The lowest BCUT2D eigenvalue weighted by Crippen LogP contribution is -2.06. The van der Waals surface area contributed by atoms with Crippen LogP contribution in [0.25, 0.3) is 10.9 Å². The molecule has 0 atom stereocenters. The summed E-state index contributed by atoms with van der Waals surface area (Å²) in [5, 5.41) is 0.894. The van der Waals surface area contributed by atoms with Crippen LogP contribution in [0.2, 0.25) is 0 Å². The number of methoxy groups -OCH3 is 1. The molecule has 0 N–H and O–H groups in total. The molecule has 0 spiro atoms. The predicted molar refractivity (Wildman–Crippen MR) is 55.3 cm³/mol. The van der Waals surface area contributed by atoms with Crippen molar-refractivity contribution in [2.24, 2.45) is 0 Å². The number of aromatic nitrogens is 2. The topological polar surface area (TPSA) is 52.1 Å². The summed E-state index contributed by atoms with van der Waals surface area (Å²) >= 11 is 0. The number of carbonyl (C=O) groups is 1. The van der Waals surface area contributed by atoms with Gasteiger partial charge in [-0.05, 0) is 18.2 Å². The van der Waals surface area contributed by atoms with Crippen LogP contribution >= 0.6 is 0 Å². The van der Waals surface area contributed by atoms with Crippen LogP contribution in [-0.4, -0.2) is 23.0 Å². The number of rotatable bonds is 2. The molecule has 15 heavy (non-hydrogen) atoms. The van der Waals surface area contributed by atoms with Crippen LogP contribution < -0.4 is 0 Å². The van der Waals surface area contributed by atoms with E-state index in [1.807, 2.05) is 18.2 Å². The van der Waals surface area contributed by atoms with E-state index in [9.17, 15) is 4.79 Å². The van der Waals surface area contributed by atoms with Crippen molar-refractivity contribution in [1.82, 2.24) is 9.97 Å².